The largest absolute Gasteiger partial charge is 0.208 e. The van der Waals surface area contributed by atoms with Gasteiger partial charge in [-0.25, -0.2) is 15.0 Å². The van der Waals surface area contributed by atoms with Crippen LogP contribution in [-0.2, 0) is 0 Å². The lowest BCUT2D eigenvalue weighted by molar-refractivity contribution is 0.752. The zero-order valence-electron chi connectivity index (χ0n) is 22.9. The van der Waals surface area contributed by atoms with E-state index in [0.29, 0.717) is 23.9 Å². The molecule has 2 aliphatic rings. The molecular weight excluding hydrogens is 512 g/mol. The predicted molar refractivity (Wildman–Crippen MR) is 168 cm³/mol. The van der Waals surface area contributed by atoms with E-state index >= 15 is 0 Å². The molecule has 0 fully saturated rings. The van der Waals surface area contributed by atoms with E-state index in [1.807, 2.05) is 84.9 Å². The highest BCUT2D eigenvalue weighted by atomic mass is 15.0. The van der Waals surface area contributed by atoms with Gasteiger partial charge in [0.05, 0.1) is 6.07 Å². The fourth-order valence-corrected chi connectivity index (χ4v) is 5.51. The first-order chi connectivity index (χ1) is 20.7. The van der Waals surface area contributed by atoms with Crippen molar-refractivity contribution < 1.29 is 0 Å². The number of hydrogen-bond acceptors (Lipinski definition) is 4. The zero-order chi connectivity index (χ0) is 28.3. The first kappa shape index (κ1) is 25.3. The van der Waals surface area contributed by atoms with Crippen LogP contribution in [0, 0.1) is 17.2 Å². The van der Waals surface area contributed by atoms with Crippen LogP contribution >= 0.6 is 0 Å². The van der Waals surface area contributed by atoms with Crippen molar-refractivity contribution in [3.8, 4) is 40.0 Å². The van der Waals surface area contributed by atoms with Gasteiger partial charge >= 0.3 is 0 Å². The molecule has 0 saturated carbocycles. The van der Waals surface area contributed by atoms with Gasteiger partial charge in [-0.1, -0.05) is 127 Å². The first-order valence-corrected chi connectivity index (χ1v) is 14.0. The number of nitrogens with zero attached hydrogens (tertiary/aromatic N) is 4. The average molecular weight is 539 g/mol. The number of hydrogen-bond donors (Lipinski definition) is 0. The van der Waals surface area contributed by atoms with Crippen molar-refractivity contribution in [2.45, 2.75) is 6.42 Å². The Morgan fingerprint density at radius 2 is 1.00 bits per heavy atom. The third-order valence-electron chi connectivity index (χ3n) is 7.72. The number of fused-ring (bicyclic) bond motifs is 1. The molecule has 5 aromatic rings. The normalized spacial score (nSPS) is 15.8. The van der Waals surface area contributed by atoms with Crippen LogP contribution in [0.3, 0.4) is 0 Å². The molecule has 1 atom stereocenters. The number of allylic oxidation sites excluding steroid dienone is 8. The van der Waals surface area contributed by atoms with Gasteiger partial charge in [0.1, 0.15) is 0 Å². The molecule has 0 bridgehead atoms. The third kappa shape index (κ3) is 5.00. The van der Waals surface area contributed by atoms with E-state index in [1.165, 1.54) is 11.1 Å². The maximum Gasteiger partial charge on any atom is 0.164 e. The molecule has 4 heteroatoms. The molecule has 1 aromatic heterocycles. The molecular formula is C38H26N4. The highest BCUT2D eigenvalue weighted by molar-refractivity contribution is 5.84. The lowest BCUT2D eigenvalue weighted by atomic mass is 9.77. The molecule has 0 spiro atoms. The van der Waals surface area contributed by atoms with Crippen LogP contribution in [0.5, 0.6) is 0 Å². The van der Waals surface area contributed by atoms with Gasteiger partial charge in [-0.15, -0.1) is 0 Å². The Balaban J connectivity index is 1.27. The van der Waals surface area contributed by atoms with Gasteiger partial charge in [-0.3, -0.25) is 0 Å². The lowest BCUT2D eigenvalue weighted by Gasteiger charge is -2.26. The standard InChI is InChI=1S/C38H26N4/c39-25-34-24-32(28-18-16-27(17-19-28)26-10-4-1-5-11-26)23-33-22-31(20-21-35(33)34)38-41-36(29-12-6-2-7-13-29)40-37(42-38)30-14-8-3-9-15-30/h1-20,22-24,35H,21H2. The van der Waals surface area contributed by atoms with Gasteiger partial charge in [0, 0.05) is 28.2 Å². The number of rotatable bonds is 5. The van der Waals surface area contributed by atoms with Crippen LogP contribution in [0.15, 0.2) is 151 Å². The van der Waals surface area contributed by atoms with Crippen LogP contribution in [0.1, 0.15) is 17.8 Å². The zero-order valence-corrected chi connectivity index (χ0v) is 22.9. The molecule has 4 nitrogen and oxygen atoms in total. The minimum Gasteiger partial charge on any atom is -0.208 e. The van der Waals surface area contributed by atoms with Crippen molar-refractivity contribution in [3.63, 3.8) is 0 Å². The van der Waals surface area contributed by atoms with E-state index in [4.69, 9.17) is 15.0 Å². The first-order valence-electron chi connectivity index (χ1n) is 14.0. The van der Waals surface area contributed by atoms with E-state index in [2.05, 4.69) is 60.7 Å². The monoisotopic (exact) mass is 538 g/mol. The summed E-state index contributed by atoms with van der Waals surface area (Å²) in [7, 11) is 0. The third-order valence-corrected chi connectivity index (χ3v) is 7.72. The van der Waals surface area contributed by atoms with Crippen molar-refractivity contribution in [3.05, 3.63) is 162 Å². The molecule has 0 N–H and O–H groups in total. The second kappa shape index (κ2) is 11.1. The van der Waals surface area contributed by atoms with E-state index in [0.717, 1.165) is 39.0 Å². The summed E-state index contributed by atoms with van der Waals surface area (Å²) in [5.74, 6) is 1.92. The summed E-state index contributed by atoms with van der Waals surface area (Å²) in [5, 5.41) is 10.1. The fourth-order valence-electron chi connectivity index (χ4n) is 5.51. The Kier molecular flexibility index (Phi) is 6.68. The van der Waals surface area contributed by atoms with Crippen molar-refractivity contribution >= 4 is 11.1 Å². The lowest BCUT2D eigenvalue weighted by Crippen LogP contribution is -2.13. The predicted octanol–water partition coefficient (Wildman–Crippen LogP) is 8.75. The van der Waals surface area contributed by atoms with Gasteiger partial charge < -0.3 is 0 Å². The van der Waals surface area contributed by atoms with Gasteiger partial charge in [-0.05, 0) is 46.4 Å². The molecule has 1 heterocycles. The second-order valence-corrected chi connectivity index (χ2v) is 10.4. The van der Waals surface area contributed by atoms with Crippen molar-refractivity contribution in [1.29, 1.82) is 5.26 Å². The molecule has 4 aromatic carbocycles. The Morgan fingerprint density at radius 1 is 0.500 bits per heavy atom. The van der Waals surface area contributed by atoms with Gasteiger partial charge in [-0.2, -0.15) is 5.26 Å². The molecule has 0 saturated heterocycles. The topological polar surface area (TPSA) is 62.5 Å². The van der Waals surface area contributed by atoms with Crippen molar-refractivity contribution in [1.82, 2.24) is 15.0 Å². The summed E-state index contributed by atoms with van der Waals surface area (Å²) in [6.45, 7) is 0. The quantitative estimate of drug-likeness (QED) is 0.224. The fraction of sp³-hybridized carbons (Fsp3) is 0.0526. The summed E-state index contributed by atoms with van der Waals surface area (Å²) in [6.07, 6.45) is 9.22. The second-order valence-electron chi connectivity index (χ2n) is 10.4. The molecule has 198 valence electrons. The van der Waals surface area contributed by atoms with E-state index in [-0.39, 0.29) is 5.92 Å². The Morgan fingerprint density at radius 3 is 1.57 bits per heavy atom. The molecule has 7 rings (SSSR count). The minimum absolute atomic E-state index is 0.0233. The molecule has 2 aliphatic carbocycles. The van der Waals surface area contributed by atoms with Crippen LogP contribution in [-0.4, -0.2) is 15.0 Å². The van der Waals surface area contributed by atoms with E-state index < -0.39 is 0 Å². The van der Waals surface area contributed by atoms with Gasteiger partial charge in [0.25, 0.3) is 0 Å². The Bertz CT molecular complexity index is 1870. The van der Waals surface area contributed by atoms with Crippen LogP contribution < -0.4 is 0 Å². The summed E-state index contributed by atoms with van der Waals surface area (Å²) in [5.41, 5.74) is 9.13. The highest BCUT2D eigenvalue weighted by Crippen LogP contribution is 2.40. The molecule has 1 unspecified atom stereocenters. The summed E-state index contributed by atoms with van der Waals surface area (Å²) in [4.78, 5) is 14.6. The van der Waals surface area contributed by atoms with Crippen molar-refractivity contribution in [2.75, 3.05) is 0 Å². The average Bonchev–Trinajstić information content (AvgIpc) is 3.08. The highest BCUT2D eigenvalue weighted by Gasteiger charge is 2.26. The Labute approximate surface area is 245 Å². The summed E-state index contributed by atoms with van der Waals surface area (Å²) < 4.78 is 0. The van der Waals surface area contributed by atoms with Crippen LogP contribution in [0.2, 0.25) is 0 Å². The van der Waals surface area contributed by atoms with E-state index in [9.17, 15) is 5.26 Å². The molecule has 0 amide bonds. The minimum atomic E-state index is 0.0233. The Hall–Kier alpha value is -5.66. The van der Waals surface area contributed by atoms with Crippen LogP contribution in [0.4, 0.5) is 0 Å². The maximum atomic E-state index is 10.1. The van der Waals surface area contributed by atoms with Gasteiger partial charge in [0.15, 0.2) is 17.5 Å². The van der Waals surface area contributed by atoms with Gasteiger partial charge in [0.2, 0.25) is 0 Å². The number of benzene rings is 4. The number of aromatic nitrogens is 3. The molecule has 42 heavy (non-hydrogen) atoms. The maximum absolute atomic E-state index is 10.1. The summed E-state index contributed by atoms with van der Waals surface area (Å²) >= 11 is 0. The number of nitriles is 1. The summed E-state index contributed by atoms with van der Waals surface area (Å²) in [6, 6.07) is 41.3. The smallest absolute Gasteiger partial charge is 0.164 e. The van der Waals surface area contributed by atoms with Crippen LogP contribution in [0.25, 0.3) is 45.0 Å². The molecule has 0 radical (unpaired) electrons. The van der Waals surface area contributed by atoms with E-state index in [1.54, 1.807) is 0 Å². The van der Waals surface area contributed by atoms with Crippen molar-refractivity contribution in [2.24, 2.45) is 5.92 Å². The molecule has 0 aliphatic heterocycles. The SMILES string of the molecule is N#CC1=CC(c2ccc(-c3ccccc3)cc2)=CC2=CC(c3nc(-c4ccccc4)nc(-c4ccccc4)n3)=CCC12.